The maximum Gasteiger partial charge on any atom is 0.317 e. The Bertz CT molecular complexity index is 811. The number of hydrogen-bond acceptors (Lipinski definition) is 3. The van der Waals surface area contributed by atoms with E-state index in [1.165, 1.54) is 23.5 Å². The first-order chi connectivity index (χ1) is 14.5. The maximum absolute atomic E-state index is 13.5. The second kappa shape index (κ2) is 9.02. The fourth-order valence-corrected chi connectivity index (χ4v) is 4.73. The number of amides is 4. The Kier molecular flexibility index (Phi) is 6.20. The number of hydrogen-bond donors (Lipinski definition) is 1. The van der Waals surface area contributed by atoms with E-state index in [4.69, 9.17) is 0 Å². The lowest BCUT2D eigenvalue weighted by molar-refractivity contribution is -0.156. The highest BCUT2D eigenvalue weighted by molar-refractivity contribution is 5.95. The lowest BCUT2D eigenvalue weighted by Crippen LogP contribution is -2.59. The molecule has 1 atom stereocenters. The highest BCUT2D eigenvalue weighted by atomic mass is 19.1. The summed E-state index contributed by atoms with van der Waals surface area (Å²) in [6.45, 7) is 1.42. The Morgan fingerprint density at radius 1 is 1.07 bits per heavy atom. The monoisotopic (exact) mass is 416 g/mol. The van der Waals surface area contributed by atoms with Crippen LogP contribution in [0.4, 0.5) is 9.18 Å². The lowest BCUT2D eigenvalue weighted by atomic mass is 9.96. The largest absolute Gasteiger partial charge is 0.335 e. The van der Waals surface area contributed by atoms with E-state index in [2.05, 4.69) is 5.32 Å². The Labute approximate surface area is 176 Å². The second-order valence-corrected chi connectivity index (χ2v) is 8.49. The van der Waals surface area contributed by atoms with Crippen molar-refractivity contribution in [1.82, 2.24) is 20.0 Å². The molecule has 2 aliphatic heterocycles. The number of halogens is 1. The summed E-state index contributed by atoms with van der Waals surface area (Å²) in [5.74, 6) is -0.613. The van der Waals surface area contributed by atoms with Gasteiger partial charge in [-0.1, -0.05) is 31.4 Å². The number of rotatable bonds is 3. The third-order valence-electron chi connectivity index (χ3n) is 6.39. The average molecular weight is 416 g/mol. The van der Waals surface area contributed by atoms with Crippen molar-refractivity contribution in [3.63, 3.8) is 0 Å². The van der Waals surface area contributed by atoms with E-state index in [0.717, 1.165) is 25.7 Å². The minimum absolute atomic E-state index is 0.0138. The Morgan fingerprint density at radius 3 is 2.63 bits per heavy atom. The van der Waals surface area contributed by atoms with Crippen LogP contribution in [0.2, 0.25) is 0 Å². The highest BCUT2D eigenvalue weighted by Crippen LogP contribution is 2.22. The number of piperazine rings is 1. The van der Waals surface area contributed by atoms with E-state index in [1.807, 2.05) is 0 Å². The predicted octanol–water partition coefficient (Wildman–Crippen LogP) is 2.11. The van der Waals surface area contributed by atoms with Gasteiger partial charge in [-0.3, -0.25) is 9.59 Å². The fraction of sp³-hybridized carbons (Fsp3) is 0.591. The van der Waals surface area contributed by atoms with E-state index in [1.54, 1.807) is 21.9 Å². The number of benzene rings is 1. The van der Waals surface area contributed by atoms with Crippen LogP contribution < -0.4 is 5.32 Å². The van der Waals surface area contributed by atoms with Crippen LogP contribution in [0.5, 0.6) is 0 Å². The van der Waals surface area contributed by atoms with Crippen molar-refractivity contribution in [1.29, 1.82) is 0 Å². The smallest absolute Gasteiger partial charge is 0.317 e. The van der Waals surface area contributed by atoms with Crippen molar-refractivity contribution < 1.29 is 18.8 Å². The van der Waals surface area contributed by atoms with Crippen molar-refractivity contribution >= 4 is 17.8 Å². The van der Waals surface area contributed by atoms with E-state index >= 15 is 0 Å². The molecule has 2 saturated heterocycles. The molecule has 1 saturated carbocycles. The third-order valence-corrected chi connectivity index (χ3v) is 6.39. The van der Waals surface area contributed by atoms with Crippen LogP contribution in [0.1, 0.15) is 44.1 Å². The molecule has 0 spiro atoms. The van der Waals surface area contributed by atoms with Crippen LogP contribution >= 0.6 is 0 Å². The van der Waals surface area contributed by atoms with Crippen LogP contribution in [-0.4, -0.2) is 70.8 Å². The summed E-state index contributed by atoms with van der Waals surface area (Å²) in [4.78, 5) is 43.3. The first kappa shape index (κ1) is 20.6. The fourth-order valence-electron chi connectivity index (χ4n) is 4.73. The van der Waals surface area contributed by atoms with Crippen LogP contribution in [0.25, 0.3) is 0 Å². The van der Waals surface area contributed by atoms with Gasteiger partial charge < -0.3 is 20.0 Å². The SMILES string of the molecule is O=C(NC1CCCCC1)N1CCC2C(=O)N(Cc3cccc(F)c3)CC(=O)N2CC1. The van der Waals surface area contributed by atoms with Crippen LogP contribution in [0.3, 0.4) is 0 Å². The Morgan fingerprint density at radius 2 is 1.87 bits per heavy atom. The van der Waals surface area contributed by atoms with E-state index < -0.39 is 6.04 Å². The quantitative estimate of drug-likeness (QED) is 0.820. The summed E-state index contributed by atoms with van der Waals surface area (Å²) >= 11 is 0. The lowest BCUT2D eigenvalue weighted by Gasteiger charge is -2.39. The van der Waals surface area contributed by atoms with Crippen LogP contribution in [0, 0.1) is 5.82 Å². The topological polar surface area (TPSA) is 73.0 Å². The number of nitrogens with zero attached hydrogens (tertiary/aromatic N) is 3. The van der Waals surface area contributed by atoms with Gasteiger partial charge in [-0.15, -0.1) is 0 Å². The summed E-state index contributed by atoms with van der Waals surface area (Å²) in [7, 11) is 0. The van der Waals surface area contributed by atoms with E-state index in [-0.39, 0.29) is 42.8 Å². The summed E-state index contributed by atoms with van der Waals surface area (Å²) < 4.78 is 13.5. The normalized spacial score (nSPS) is 23.2. The molecule has 0 aromatic heterocycles. The van der Waals surface area contributed by atoms with Crippen LogP contribution in [0.15, 0.2) is 24.3 Å². The van der Waals surface area contributed by atoms with Crippen molar-refractivity contribution in [2.24, 2.45) is 0 Å². The summed E-state index contributed by atoms with van der Waals surface area (Å²) in [5.41, 5.74) is 0.659. The standard InChI is InChI=1S/C22H29FN4O3/c23-17-6-4-5-16(13-17)14-26-15-20(28)27-12-11-25(10-9-19(27)21(26)29)22(30)24-18-7-2-1-3-8-18/h4-6,13,18-19H,1-3,7-12,14-15H2,(H,24,30). The van der Waals surface area contributed by atoms with Gasteiger partial charge in [-0.2, -0.15) is 0 Å². The minimum Gasteiger partial charge on any atom is -0.335 e. The van der Waals surface area contributed by atoms with Crippen LogP contribution in [-0.2, 0) is 16.1 Å². The van der Waals surface area contributed by atoms with E-state index in [0.29, 0.717) is 31.6 Å². The van der Waals surface area contributed by atoms with Crippen molar-refractivity contribution in [2.45, 2.75) is 57.2 Å². The molecule has 1 N–H and O–H groups in total. The molecule has 3 fully saturated rings. The molecule has 4 amide bonds. The first-order valence-electron chi connectivity index (χ1n) is 10.9. The zero-order valence-corrected chi connectivity index (χ0v) is 17.2. The number of urea groups is 1. The van der Waals surface area contributed by atoms with Gasteiger partial charge in [0.2, 0.25) is 11.8 Å². The van der Waals surface area contributed by atoms with Gasteiger partial charge in [-0.05, 0) is 37.0 Å². The molecule has 162 valence electrons. The average Bonchev–Trinajstić information content (AvgIpc) is 2.96. The highest BCUT2D eigenvalue weighted by Gasteiger charge is 2.41. The molecular formula is C22H29FN4O3. The molecule has 30 heavy (non-hydrogen) atoms. The molecule has 4 rings (SSSR count). The summed E-state index contributed by atoms with van der Waals surface area (Å²) in [6, 6.07) is 5.65. The molecule has 2 heterocycles. The number of carbonyl (C=O) groups is 3. The Balaban J connectivity index is 1.39. The first-order valence-corrected chi connectivity index (χ1v) is 10.9. The summed E-state index contributed by atoms with van der Waals surface area (Å²) in [6.07, 6.45) is 5.96. The third kappa shape index (κ3) is 4.57. The molecule has 1 aromatic rings. The van der Waals surface area contributed by atoms with Crippen molar-refractivity contribution in [2.75, 3.05) is 26.2 Å². The number of fused-ring (bicyclic) bond motifs is 1. The molecule has 7 nitrogen and oxygen atoms in total. The van der Waals surface area contributed by atoms with Crippen molar-refractivity contribution in [3.8, 4) is 0 Å². The van der Waals surface area contributed by atoms with E-state index in [9.17, 15) is 18.8 Å². The zero-order chi connectivity index (χ0) is 21.1. The van der Waals surface area contributed by atoms with Gasteiger partial charge in [0, 0.05) is 32.2 Å². The minimum atomic E-state index is -0.563. The molecule has 3 aliphatic rings. The van der Waals surface area contributed by atoms with Gasteiger partial charge in [0.1, 0.15) is 18.4 Å². The zero-order valence-electron chi connectivity index (χ0n) is 17.2. The van der Waals surface area contributed by atoms with Gasteiger partial charge in [0.15, 0.2) is 0 Å². The van der Waals surface area contributed by atoms with Gasteiger partial charge >= 0.3 is 6.03 Å². The van der Waals surface area contributed by atoms with Gasteiger partial charge in [0.25, 0.3) is 0 Å². The molecule has 1 aliphatic carbocycles. The molecule has 1 unspecified atom stereocenters. The molecule has 0 bridgehead atoms. The molecule has 8 heteroatoms. The number of carbonyl (C=O) groups excluding carboxylic acids is 3. The number of nitrogens with one attached hydrogen (secondary N) is 1. The summed E-state index contributed by atoms with van der Waals surface area (Å²) in [5, 5.41) is 3.12. The van der Waals surface area contributed by atoms with Gasteiger partial charge in [0.05, 0.1) is 0 Å². The van der Waals surface area contributed by atoms with Crippen molar-refractivity contribution in [3.05, 3.63) is 35.6 Å². The predicted molar refractivity (Wildman–Crippen MR) is 109 cm³/mol. The molecule has 0 radical (unpaired) electrons. The molecular weight excluding hydrogens is 387 g/mol. The van der Waals surface area contributed by atoms with Gasteiger partial charge in [-0.25, -0.2) is 9.18 Å². The second-order valence-electron chi connectivity index (χ2n) is 8.49. The molecule has 1 aromatic carbocycles. The maximum atomic E-state index is 13.5. The Hall–Kier alpha value is -2.64.